The zero-order valence-corrected chi connectivity index (χ0v) is 17.7. The number of aromatic nitrogens is 3. The van der Waals surface area contributed by atoms with E-state index >= 15 is 0 Å². The average molecular weight is 469 g/mol. The SMILES string of the molecule is O=c1c2[nH]c3ccccc3c2nc(SCc2ccc(F)cc2)n1-c1cccc(C(F)(F)F)c1. The molecule has 0 atom stereocenters. The highest BCUT2D eigenvalue weighted by molar-refractivity contribution is 7.98. The predicted octanol–water partition coefficient (Wildman–Crippen LogP) is 6.32. The highest BCUT2D eigenvalue weighted by Gasteiger charge is 2.31. The number of nitrogens with one attached hydrogen (secondary N) is 1. The Bertz CT molecular complexity index is 1540. The van der Waals surface area contributed by atoms with Crippen LogP contribution in [-0.4, -0.2) is 14.5 Å². The Kier molecular flexibility index (Phi) is 5.20. The summed E-state index contributed by atoms with van der Waals surface area (Å²) in [6, 6.07) is 17.7. The molecule has 0 unspecified atom stereocenters. The molecule has 33 heavy (non-hydrogen) atoms. The summed E-state index contributed by atoms with van der Waals surface area (Å²) in [5, 5.41) is 0.977. The highest BCUT2D eigenvalue weighted by Crippen LogP contribution is 2.32. The number of H-pyrrole nitrogens is 1. The molecule has 5 aromatic rings. The standard InChI is InChI=1S/C24H15F4N3OS/c25-16-10-8-14(9-11-16)13-33-23-30-20-18-6-1-2-7-19(18)29-21(20)22(32)31(23)17-5-3-4-15(12-17)24(26,27)28/h1-12,29H,13H2. The Balaban J connectivity index is 1.71. The molecule has 3 aromatic carbocycles. The maximum Gasteiger partial charge on any atom is 0.416 e. The van der Waals surface area contributed by atoms with Gasteiger partial charge in [-0.3, -0.25) is 9.36 Å². The van der Waals surface area contributed by atoms with Gasteiger partial charge in [-0.15, -0.1) is 0 Å². The summed E-state index contributed by atoms with van der Waals surface area (Å²) < 4.78 is 54.4. The van der Waals surface area contributed by atoms with Crippen LogP contribution in [-0.2, 0) is 11.9 Å². The summed E-state index contributed by atoms with van der Waals surface area (Å²) >= 11 is 1.19. The summed E-state index contributed by atoms with van der Waals surface area (Å²) in [5.41, 5.74) is 0.832. The first kappa shape index (κ1) is 21.3. The smallest absolute Gasteiger partial charge is 0.349 e. The fourth-order valence-electron chi connectivity index (χ4n) is 3.62. The first-order valence-electron chi connectivity index (χ1n) is 9.89. The van der Waals surface area contributed by atoms with Crippen LogP contribution in [0.2, 0.25) is 0 Å². The van der Waals surface area contributed by atoms with Crippen LogP contribution in [0, 0.1) is 5.82 Å². The van der Waals surface area contributed by atoms with Crippen molar-refractivity contribution in [3.63, 3.8) is 0 Å². The third-order valence-corrected chi connectivity index (χ3v) is 6.22. The van der Waals surface area contributed by atoms with E-state index in [1.807, 2.05) is 18.2 Å². The lowest BCUT2D eigenvalue weighted by atomic mass is 10.2. The third-order valence-electron chi connectivity index (χ3n) is 5.21. The predicted molar refractivity (Wildman–Crippen MR) is 120 cm³/mol. The van der Waals surface area contributed by atoms with Gasteiger partial charge in [0, 0.05) is 16.7 Å². The van der Waals surface area contributed by atoms with Crippen molar-refractivity contribution in [2.45, 2.75) is 17.1 Å². The zero-order chi connectivity index (χ0) is 23.2. The van der Waals surface area contributed by atoms with Crippen molar-refractivity contribution in [1.29, 1.82) is 0 Å². The lowest BCUT2D eigenvalue weighted by molar-refractivity contribution is -0.137. The number of aromatic amines is 1. The topological polar surface area (TPSA) is 50.7 Å². The molecule has 0 radical (unpaired) electrons. The first-order chi connectivity index (χ1) is 15.8. The number of benzene rings is 3. The van der Waals surface area contributed by atoms with Crippen LogP contribution in [0.25, 0.3) is 27.6 Å². The Morgan fingerprint density at radius 3 is 2.48 bits per heavy atom. The maximum absolute atomic E-state index is 13.5. The Hall–Kier alpha value is -3.59. The van der Waals surface area contributed by atoms with E-state index in [1.165, 1.54) is 40.6 Å². The summed E-state index contributed by atoms with van der Waals surface area (Å²) in [6.45, 7) is 0. The van der Waals surface area contributed by atoms with E-state index in [4.69, 9.17) is 0 Å². The van der Waals surface area contributed by atoms with Crippen molar-refractivity contribution in [2.75, 3.05) is 0 Å². The molecule has 0 aliphatic heterocycles. The first-order valence-corrected chi connectivity index (χ1v) is 10.9. The van der Waals surface area contributed by atoms with Crippen molar-refractivity contribution < 1.29 is 17.6 Å². The molecule has 166 valence electrons. The molecule has 0 aliphatic rings. The molecule has 0 saturated carbocycles. The van der Waals surface area contributed by atoms with E-state index < -0.39 is 17.3 Å². The average Bonchev–Trinajstić information content (AvgIpc) is 3.17. The molecule has 0 spiro atoms. The van der Waals surface area contributed by atoms with E-state index in [-0.39, 0.29) is 22.2 Å². The summed E-state index contributed by atoms with van der Waals surface area (Å²) in [6.07, 6.45) is -4.56. The molecule has 2 aromatic heterocycles. The van der Waals surface area contributed by atoms with Crippen LogP contribution in [0.15, 0.2) is 82.7 Å². The molecule has 0 saturated heterocycles. The van der Waals surface area contributed by atoms with Crippen LogP contribution < -0.4 is 5.56 Å². The minimum Gasteiger partial charge on any atom is -0.349 e. The molecule has 0 bridgehead atoms. The van der Waals surface area contributed by atoms with Gasteiger partial charge in [0.05, 0.1) is 11.3 Å². The molecule has 1 N–H and O–H groups in total. The van der Waals surface area contributed by atoms with Crippen molar-refractivity contribution in [1.82, 2.24) is 14.5 Å². The van der Waals surface area contributed by atoms with Crippen molar-refractivity contribution in [2.24, 2.45) is 0 Å². The molecule has 2 heterocycles. The number of thioether (sulfide) groups is 1. The van der Waals surface area contributed by atoms with Crippen LogP contribution in [0.3, 0.4) is 0 Å². The number of rotatable bonds is 4. The normalized spacial score (nSPS) is 12.0. The van der Waals surface area contributed by atoms with Crippen LogP contribution in [0.5, 0.6) is 0 Å². The lowest BCUT2D eigenvalue weighted by Gasteiger charge is -2.14. The largest absolute Gasteiger partial charge is 0.416 e. The Morgan fingerprint density at radius 1 is 0.970 bits per heavy atom. The summed E-state index contributed by atoms with van der Waals surface area (Å²) in [4.78, 5) is 21.2. The second-order valence-corrected chi connectivity index (χ2v) is 8.33. The van der Waals surface area contributed by atoms with Gasteiger partial charge in [0.15, 0.2) is 5.16 Å². The van der Waals surface area contributed by atoms with E-state index in [0.29, 0.717) is 16.8 Å². The van der Waals surface area contributed by atoms with Crippen molar-refractivity contribution in [3.8, 4) is 5.69 Å². The van der Waals surface area contributed by atoms with Gasteiger partial charge in [0.2, 0.25) is 0 Å². The number of para-hydroxylation sites is 1. The number of hydrogen-bond donors (Lipinski definition) is 1. The zero-order valence-electron chi connectivity index (χ0n) is 16.9. The van der Waals surface area contributed by atoms with E-state index in [9.17, 15) is 22.4 Å². The van der Waals surface area contributed by atoms with Gasteiger partial charge in [-0.25, -0.2) is 9.37 Å². The molecule has 4 nitrogen and oxygen atoms in total. The third kappa shape index (κ3) is 4.00. The van der Waals surface area contributed by atoms with Gasteiger partial charge in [-0.05, 0) is 42.0 Å². The van der Waals surface area contributed by atoms with Gasteiger partial charge in [-0.2, -0.15) is 13.2 Å². The molecular formula is C24H15F4N3OS. The van der Waals surface area contributed by atoms with E-state index in [2.05, 4.69) is 9.97 Å². The molecule has 0 fully saturated rings. The van der Waals surface area contributed by atoms with Gasteiger partial charge < -0.3 is 4.98 Å². The molecule has 5 rings (SSSR count). The van der Waals surface area contributed by atoms with Crippen LogP contribution >= 0.6 is 11.8 Å². The quantitative estimate of drug-likeness (QED) is 0.190. The van der Waals surface area contributed by atoms with Gasteiger partial charge in [0.1, 0.15) is 16.9 Å². The van der Waals surface area contributed by atoms with Gasteiger partial charge in [0.25, 0.3) is 5.56 Å². The fraction of sp³-hybridized carbons (Fsp3) is 0.0833. The second-order valence-electron chi connectivity index (χ2n) is 7.39. The second kappa shape index (κ2) is 8.08. The number of nitrogens with zero attached hydrogens (tertiary/aromatic N) is 2. The van der Waals surface area contributed by atoms with Crippen LogP contribution in [0.4, 0.5) is 17.6 Å². The highest BCUT2D eigenvalue weighted by atomic mass is 32.2. The van der Waals surface area contributed by atoms with Gasteiger partial charge in [-0.1, -0.05) is 48.2 Å². The molecule has 0 aliphatic carbocycles. The summed E-state index contributed by atoms with van der Waals surface area (Å²) in [7, 11) is 0. The maximum atomic E-state index is 13.5. The molecular weight excluding hydrogens is 454 g/mol. The number of hydrogen-bond acceptors (Lipinski definition) is 3. The lowest BCUT2D eigenvalue weighted by Crippen LogP contribution is -2.22. The molecule has 0 amide bonds. The summed E-state index contributed by atoms with van der Waals surface area (Å²) in [5.74, 6) is -0.0255. The van der Waals surface area contributed by atoms with Crippen molar-refractivity contribution >= 4 is 33.7 Å². The number of halogens is 4. The minimum atomic E-state index is -4.56. The number of fused-ring (bicyclic) bond motifs is 3. The van der Waals surface area contributed by atoms with Crippen molar-refractivity contribution in [3.05, 3.63) is 100 Å². The van der Waals surface area contributed by atoms with Gasteiger partial charge >= 0.3 is 6.18 Å². The van der Waals surface area contributed by atoms with E-state index in [1.54, 1.807) is 18.2 Å². The monoisotopic (exact) mass is 469 g/mol. The number of alkyl halides is 3. The molecule has 9 heteroatoms. The fourth-order valence-corrected chi connectivity index (χ4v) is 4.58. The Morgan fingerprint density at radius 2 is 1.73 bits per heavy atom. The van der Waals surface area contributed by atoms with E-state index in [0.717, 1.165) is 23.1 Å². The Labute approximate surface area is 188 Å². The van der Waals surface area contributed by atoms with Crippen LogP contribution in [0.1, 0.15) is 11.1 Å². The minimum absolute atomic E-state index is 0.0597.